The third-order valence-electron chi connectivity index (χ3n) is 3.76. The van der Waals surface area contributed by atoms with E-state index in [0.29, 0.717) is 0 Å². The van der Waals surface area contributed by atoms with Gasteiger partial charge in [-0.05, 0) is 45.1 Å². The third kappa shape index (κ3) is 2.99. The molecule has 2 fully saturated rings. The molecule has 0 atom stereocenters. The van der Waals surface area contributed by atoms with Crippen molar-refractivity contribution in [3.05, 3.63) is 11.1 Å². The highest BCUT2D eigenvalue weighted by Gasteiger charge is 2.24. The van der Waals surface area contributed by atoms with Gasteiger partial charge in [-0.3, -0.25) is 0 Å². The van der Waals surface area contributed by atoms with Crippen molar-refractivity contribution in [2.24, 2.45) is 5.92 Å². The van der Waals surface area contributed by atoms with Crippen molar-refractivity contribution in [3.63, 3.8) is 0 Å². The van der Waals surface area contributed by atoms with Gasteiger partial charge in [0, 0.05) is 24.5 Å². The van der Waals surface area contributed by atoms with Crippen molar-refractivity contribution in [1.29, 1.82) is 0 Å². The van der Waals surface area contributed by atoms with E-state index in [0.717, 1.165) is 30.7 Å². The lowest BCUT2D eigenvalue weighted by Gasteiger charge is -2.32. The molecule has 1 aliphatic heterocycles. The highest BCUT2D eigenvalue weighted by molar-refractivity contribution is 7.13. The molecule has 0 spiro atoms. The molecule has 17 heavy (non-hydrogen) atoms. The summed E-state index contributed by atoms with van der Waals surface area (Å²) in [6.45, 7) is 5.65. The van der Waals surface area contributed by atoms with Crippen LogP contribution in [0, 0.1) is 12.8 Å². The molecule has 0 amide bonds. The van der Waals surface area contributed by atoms with Crippen molar-refractivity contribution in [2.75, 3.05) is 24.5 Å². The average molecular weight is 251 g/mol. The topological polar surface area (TPSA) is 28.2 Å². The minimum absolute atomic E-state index is 0.743. The van der Waals surface area contributed by atoms with Crippen LogP contribution in [-0.4, -0.2) is 30.7 Å². The van der Waals surface area contributed by atoms with E-state index in [2.05, 4.69) is 27.5 Å². The molecular weight excluding hydrogens is 230 g/mol. The summed E-state index contributed by atoms with van der Waals surface area (Å²) in [6.07, 6.45) is 5.44. The van der Waals surface area contributed by atoms with Crippen LogP contribution in [0.15, 0.2) is 5.38 Å². The van der Waals surface area contributed by atoms with E-state index >= 15 is 0 Å². The SMILES string of the molecule is Cc1csc(N2CCC(NCC3CC3)CC2)n1. The van der Waals surface area contributed by atoms with Gasteiger partial charge in [-0.1, -0.05) is 0 Å². The lowest BCUT2D eigenvalue weighted by atomic mass is 10.1. The molecule has 0 unspecified atom stereocenters. The maximum absolute atomic E-state index is 4.57. The Morgan fingerprint density at radius 1 is 1.35 bits per heavy atom. The number of anilines is 1. The van der Waals surface area contributed by atoms with Gasteiger partial charge in [0.15, 0.2) is 5.13 Å². The molecule has 3 rings (SSSR count). The largest absolute Gasteiger partial charge is 0.348 e. The first-order chi connectivity index (χ1) is 8.31. The fourth-order valence-corrected chi connectivity index (χ4v) is 3.27. The molecular formula is C13H21N3S. The zero-order chi connectivity index (χ0) is 11.7. The molecule has 3 nitrogen and oxygen atoms in total. The van der Waals surface area contributed by atoms with Gasteiger partial charge in [-0.15, -0.1) is 11.3 Å². The van der Waals surface area contributed by atoms with Crippen LogP contribution in [0.2, 0.25) is 0 Å². The van der Waals surface area contributed by atoms with Crippen molar-refractivity contribution >= 4 is 16.5 Å². The van der Waals surface area contributed by atoms with E-state index in [1.807, 2.05) is 0 Å². The molecule has 1 aromatic heterocycles. The normalized spacial score (nSPS) is 22.1. The summed E-state index contributed by atoms with van der Waals surface area (Å²) in [5.41, 5.74) is 1.15. The van der Waals surface area contributed by atoms with Crippen molar-refractivity contribution in [1.82, 2.24) is 10.3 Å². The Labute approximate surface area is 107 Å². The minimum atomic E-state index is 0.743. The van der Waals surface area contributed by atoms with E-state index in [4.69, 9.17) is 0 Å². The van der Waals surface area contributed by atoms with Gasteiger partial charge >= 0.3 is 0 Å². The molecule has 1 N–H and O–H groups in total. The van der Waals surface area contributed by atoms with Crippen LogP contribution in [0.25, 0.3) is 0 Å². The van der Waals surface area contributed by atoms with Crippen molar-refractivity contribution in [3.8, 4) is 0 Å². The Morgan fingerprint density at radius 3 is 2.71 bits per heavy atom. The van der Waals surface area contributed by atoms with Gasteiger partial charge in [0.05, 0.1) is 5.69 Å². The molecule has 1 aliphatic carbocycles. The lowest BCUT2D eigenvalue weighted by Crippen LogP contribution is -2.43. The molecule has 1 saturated heterocycles. The number of nitrogens with zero attached hydrogens (tertiary/aromatic N) is 2. The first-order valence-electron chi connectivity index (χ1n) is 6.72. The predicted molar refractivity (Wildman–Crippen MR) is 72.8 cm³/mol. The van der Waals surface area contributed by atoms with E-state index < -0.39 is 0 Å². The fraction of sp³-hybridized carbons (Fsp3) is 0.769. The number of aryl methyl sites for hydroxylation is 1. The van der Waals surface area contributed by atoms with Gasteiger partial charge < -0.3 is 10.2 Å². The first-order valence-corrected chi connectivity index (χ1v) is 7.59. The molecule has 94 valence electrons. The van der Waals surface area contributed by atoms with E-state index in [-0.39, 0.29) is 0 Å². The monoisotopic (exact) mass is 251 g/mol. The van der Waals surface area contributed by atoms with E-state index in [1.165, 1.54) is 37.4 Å². The van der Waals surface area contributed by atoms with Crippen LogP contribution >= 0.6 is 11.3 Å². The Kier molecular flexibility index (Phi) is 3.34. The van der Waals surface area contributed by atoms with Crippen LogP contribution in [0.1, 0.15) is 31.4 Å². The molecule has 1 saturated carbocycles. The average Bonchev–Trinajstić information content (AvgIpc) is 3.09. The van der Waals surface area contributed by atoms with E-state index in [9.17, 15) is 0 Å². The van der Waals surface area contributed by atoms with Gasteiger partial charge in [-0.25, -0.2) is 4.98 Å². The summed E-state index contributed by atoms with van der Waals surface area (Å²) < 4.78 is 0. The van der Waals surface area contributed by atoms with E-state index in [1.54, 1.807) is 11.3 Å². The number of piperidine rings is 1. The number of hydrogen-bond donors (Lipinski definition) is 1. The summed E-state index contributed by atoms with van der Waals surface area (Å²) in [7, 11) is 0. The van der Waals surface area contributed by atoms with Gasteiger partial charge in [0.1, 0.15) is 0 Å². The number of nitrogens with one attached hydrogen (secondary N) is 1. The second-order valence-corrected chi connectivity index (χ2v) is 6.22. The Bertz CT molecular complexity index is 364. The maximum atomic E-state index is 4.57. The maximum Gasteiger partial charge on any atom is 0.185 e. The number of thiazole rings is 1. The third-order valence-corrected chi connectivity index (χ3v) is 4.78. The Hall–Kier alpha value is -0.610. The minimum Gasteiger partial charge on any atom is -0.348 e. The molecule has 0 aromatic carbocycles. The zero-order valence-corrected chi connectivity index (χ0v) is 11.3. The molecule has 2 heterocycles. The van der Waals surface area contributed by atoms with Crippen molar-refractivity contribution in [2.45, 2.75) is 38.6 Å². The quantitative estimate of drug-likeness (QED) is 0.891. The van der Waals surface area contributed by atoms with Crippen LogP contribution in [0.3, 0.4) is 0 Å². The molecule has 0 bridgehead atoms. The predicted octanol–water partition coefficient (Wildman–Crippen LogP) is 2.42. The number of rotatable bonds is 4. The Morgan fingerprint density at radius 2 is 2.12 bits per heavy atom. The van der Waals surface area contributed by atoms with Crippen LogP contribution in [0.5, 0.6) is 0 Å². The molecule has 0 radical (unpaired) electrons. The molecule has 2 aliphatic rings. The summed E-state index contributed by atoms with van der Waals surface area (Å²) in [4.78, 5) is 7.01. The molecule has 1 aromatic rings. The summed E-state index contributed by atoms with van der Waals surface area (Å²) in [5.74, 6) is 0.995. The standard InChI is InChI=1S/C13H21N3S/c1-10-9-17-13(15-10)16-6-4-12(5-7-16)14-8-11-2-3-11/h9,11-12,14H,2-8H2,1H3. The molecule has 4 heteroatoms. The summed E-state index contributed by atoms with van der Waals surface area (Å²) in [5, 5.41) is 7.07. The zero-order valence-electron chi connectivity index (χ0n) is 10.5. The lowest BCUT2D eigenvalue weighted by molar-refractivity contribution is 0.408. The van der Waals surface area contributed by atoms with Gasteiger partial charge in [0.25, 0.3) is 0 Å². The first kappa shape index (κ1) is 11.5. The fourth-order valence-electron chi connectivity index (χ4n) is 2.42. The highest BCUT2D eigenvalue weighted by atomic mass is 32.1. The Balaban J connectivity index is 1.46. The second kappa shape index (κ2) is 4.94. The number of aromatic nitrogens is 1. The van der Waals surface area contributed by atoms with Crippen LogP contribution < -0.4 is 10.2 Å². The summed E-state index contributed by atoms with van der Waals surface area (Å²) in [6, 6.07) is 0.743. The smallest absolute Gasteiger partial charge is 0.185 e. The summed E-state index contributed by atoms with van der Waals surface area (Å²) >= 11 is 1.78. The highest BCUT2D eigenvalue weighted by Crippen LogP contribution is 2.28. The van der Waals surface area contributed by atoms with Gasteiger partial charge in [0.2, 0.25) is 0 Å². The second-order valence-electron chi connectivity index (χ2n) is 5.38. The van der Waals surface area contributed by atoms with Crippen LogP contribution in [0.4, 0.5) is 5.13 Å². The number of hydrogen-bond acceptors (Lipinski definition) is 4. The van der Waals surface area contributed by atoms with Gasteiger partial charge in [-0.2, -0.15) is 0 Å². The van der Waals surface area contributed by atoms with Crippen LogP contribution in [-0.2, 0) is 0 Å². The van der Waals surface area contributed by atoms with Crippen molar-refractivity contribution < 1.29 is 0 Å².